The first kappa shape index (κ1) is 17.3. The molecule has 1 aliphatic carbocycles. The van der Waals surface area contributed by atoms with E-state index in [-0.39, 0.29) is 16.8 Å². The lowest BCUT2D eigenvalue weighted by molar-refractivity contribution is 0.0939. The molecule has 0 saturated heterocycles. The molecule has 22 heavy (non-hydrogen) atoms. The van der Waals surface area contributed by atoms with Gasteiger partial charge in [-0.1, -0.05) is 44.5 Å². The Morgan fingerprint density at radius 3 is 2.68 bits per heavy atom. The van der Waals surface area contributed by atoms with Crippen molar-refractivity contribution in [2.45, 2.75) is 51.0 Å². The van der Waals surface area contributed by atoms with E-state index in [9.17, 15) is 4.79 Å². The second-order valence-electron chi connectivity index (χ2n) is 6.95. The van der Waals surface area contributed by atoms with Gasteiger partial charge in [0.1, 0.15) is 7.85 Å². The lowest BCUT2D eigenvalue weighted by atomic mass is 9.70. The maximum atomic E-state index is 12.0. The summed E-state index contributed by atoms with van der Waals surface area (Å²) in [5.74, 6) is 7.58. The number of carbonyl (C=O) groups is 1. The fourth-order valence-electron chi connectivity index (χ4n) is 3.00. The number of ketones is 1. The van der Waals surface area contributed by atoms with Crippen LogP contribution in [0, 0.1) is 23.7 Å². The Balaban J connectivity index is 2.11. The van der Waals surface area contributed by atoms with Crippen molar-refractivity contribution in [1.82, 2.24) is 0 Å². The van der Waals surface area contributed by atoms with Crippen LogP contribution in [0.2, 0.25) is 0 Å². The highest BCUT2D eigenvalue weighted by atomic mass is 31.0. The molecule has 0 heterocycles. The third kappa shape index (κ3) is 4.47. The molecule has 1 aromatic carbocycles. The average molecular weight is 312 g/mol. The van der Waals surface area contributed by atoms with E-state index in [2.05, 4.69) is 41.1 Å². The molecule has 0 fully saturated rings. The molecule has 3 unspecified atom stereocenters. The minimum absolute atomic E-state index is 0.00710. The van der Waals surface area contributed by atoms with E-state index < -0.39 is 0 Å². The van der Waals surface area contributed by atoms with Gasteiger partial charge < -0.3 is 0 Å². The quantitative estimate of drug-likeness (QED) is 0.360. The van der Waals surface area contributed by atoms with Gasteiger partial charge in [-0.2, -0.15) is 0 Å². The SMILES string of the molecule is BC1(P)C#CCCCCC1Cc1ccc(C(=O)C(C)C)cc1. The third-order valence-electron chi connectivity index (χ3n) is 4.56. The fourth-order valence-corrected chi connectivity index (χ4v) is 3.38. The third-order valence-corrected chi connectivity index (χ3v) is 5.17. The van der Waals surface area contributed by atoms with Gasteiger partial charge in [0, 0.05) is 23.0 Å². The van der Waals surface area contributed by atoms with Crippen LogP contribution in [-0.2, 0) is 6.42 Å². The van der Waals surface area contributed by atoms with Gasteiger partial charge in [-0.15, -0.1) is 21.1 Å². The average Bonchev–Trinajstić information content (AvgIpc) is 2.47. The highest BCUT2D eigenvalue weighted by Gasteiger charge is 2.28. The summed E-state index contributed by atoms with van der Waals surface area (Å²) in [6.45, 7) is 3.90. The molecular weight excluding hydrogens is 286 g/mol. The molecule has 0 bridgehead atoms. The summed E-state index contributed by atoms with van der Waals surface area (Å²) in [5, 5.41) is -0.00710. The zero-order valence-corrected chi connectivity index (χ0v) is 15.1. The second-order valence-corrected chi connectivity index (χ2v) is 8.15. The largest absolute Gasteiger partial charge is 0.294 e. The molecule has 0 aliphatic heterocycles. The molecule has 0 spiro atoms. The van der Waals surface area contributed by atoms with Gasteiger partial charge in [-0.05, 0) is 30.7 Å². The molecule has 1 nitrogen and oxygen atoms in total. The Morgan fingerprint density at radius 1 is 1.36 bits per heavy atom. The Kier molecular flexibility index (Phi) is 5.88. The summed E-state index contributed by atoms with van der Waals surface area (Å²) >= 11 is 0. The molecule has 3 atom stereocenters. The van der Waals surface area contributed by atoms with Crippen molar-refractivity contribution in [2.75, 3.05) is 0 Å². The van der Waals surface area contributed by atoms with E-state index in [0.29, 0.717) is 5.92 Å². The number of carbonyl (C=O) groups excluding carboxylic acids is 1. The van der Waals surface area contributed by atoms with E-state index in [0.717, 1.165) is 18.4 Å². The smallest absolute Gasteiger partial charge is 0.165 e. The topological polar surface area (TPSA) is 17.1 Å². The van der Waals surface area contributed by atoms with E-state index in [1.165, 1.54) is 24.8 Å². The van der Waals surface area contributed by atoms with Crippen LogP contribution in [0.3, 0.4) is 0 Å². The summed E-state index contributed by atoms with van der Waals surface area (Å²) in [4.78, 5) is 12.0. The first-order chi connectivity index (χ1) is 10.4. The first-order valence-electron chi connectivity index (χ1n) is 8.32. The van der Waals surface area contributed by atoms with Gasteiger partial charge >= 0.3 is 0 Å². The number of hydrogen-bond donors (Lipinski definition) is 0. The summed E-state index contributed by atoms with van der Waals surface area (Å²) in [5.41, 5.74) is 2.13. The summed E-state index contributed by atoms with van der Waals surface area (Å²) in [6, 6.07) is 8.18. The van der Waals surface area contributed by atoms with Crippen molar-refractivity contribution in [3.8, 4) is 11.8 Å². The molecular formula is C19H26BOP. The number of hydrogen-bond acceptors (Lipinski definition) is 1. The highest BCUT2D eigenvalue weighted by Crippen LogP contribution is 2.33. The molecule has 3 heteroatoms. The number of benzene rings is 1. The molecule has 1 aliphatic rings. The van der Waals surface area contributed by atoms with Crippen LogP contribution in [0.15, 0.2) is 24.3 Å². The molecule has 2 rings (SSSR count). The van der Waals surface area contributed by atoms with Crippen LogP contribution in [0.1, 0.15) is 55.5 Å². The van der Waals surface area contributed by atoms with E-state index in [1.807, 2.05) is 26.0 Å². The zero-order valence-electron chi connectivity index (χ0n) is 14.0. The van der Waals surface area contributed by atoms with Crippen LogP contribution in [-0.4, -0.2) is 18.7 Å². The van der Waals surface area contributed by atoms with Crippen molar-refractivity contribution >= 4 is 22.9 Å². The van der Waals surface area contributed by atoms with Crippen molar-refractivity contribution < 1.29 is 4.79 Å². The Morgan fingerprint density at radius 2 is 2.05 bits per heavy atom. The summed E-state index contributed by atoms with van der Waals surface area (Å²) in [6.07, 6.45) is 5.76. The minimum Gasteiger partial charge on any atom is -0.294 e. The second kappa shape index (κ2) is 7.48. The summed E-state index contributed by atoms with van der Waals surface area (Å²) in [7, 11) is 5.20. The standard InChI is InChI=1S/C19H26BOP/c1-14(2)18(21)16-10-8-15(9-11-16)13-17-7-5-3-4-6-12-19(17,20)22/h8-11,14,17H,3-5,7,13,20,22H2,1-2H3. The van der Waals surface area contributed by atoms with Gasteiger partial charge in [-0.25, -0.2) is 0 Å². The van der Waals surface area contributed by atoms with Crippen LogP contribution in [0.5, 0.6) is 0 Å². The highest BCUT2D eigenvalue weighted by molar-refractivity contribution is 7.23. The molecule has 0 radical (unpaired) electrons. The van der Waals surface area contributed by atoms with Crippen LogP contribution < -0.4 is 0 Å². The van der Waals surface area contributed by atoms with Crippen molar-refractivity contribution in [3.05, 3.63) is 35.4 Å². The lowest BCUT2D eigenvalue weighted by Crippen LogP contribution is -2.32. The predicted octanol–water partition coefficient (Wildman–Crippen LogP) is 3.47. The molecule has 0 saturated carbocycles. The van der Waals surface area contributed by atoms with Crippen molar-refractivity contribution in [2.24, 2.45) is 11.8 Å². The lowest BCUT2D eigenvalue weighted by Gasteiger charge is -2.31. The monoisotopic (exact) mass is 312 g/mol. The predicted molar refractivity (Wildman–Crippen MR) is 100 cm³/mol. The molecule has 116 valence electrons. The van der Waals surface area contributed by atoms with E-state index in [4.69, 9.17) is 0 Å². The normalized spacial score (nSPS) is 25.0. The van der Waals surface area contributed by atoms with Crippen LogP contribution >= 0.6 is 9.24 Å². The van der Waals surface area contributed by atoms with Crippen LogP contribution in [0.25, 0.3) is 0 Å². The molecule has 0 N–H and O–H groups in total. The molecule has 0 aromatic heterocycles. The van der Waals surface area contributed by atoms with Crippen molar-refractivity contribution in [3.63, 3.8) is 0 Å². The first-order valence-corrected chi connectivity index (χ1v) is 8.90. The number of Topliss-reactive ketones (excluding diaryl/α,β-unsaturated/α-hetero) is 1. The van der Waals surface area contributed by atoms with Crippen LogP contribution in [0.4, 0.5) is 0 Å². The molecule has 0 amide bonds. The maximum Gasteiger partial charge on any atom is 0.165 e. The van der Waals surface area contributed by atoms with Gasteiger partial charge in [0.15, 0.2) is 5.78 Å². The Bertz CT molecular complexity index is 578. The summed E-state index contributed by atoms with van der Waals surface area (Å²) < 4.78 is 0. The van der Waals surface area contributed by atoms with E-state index >= 15 is 0 Å². The Hall–Kier alpha value is -1.06. The van der Waals surface area contributed by atoms with Gasteiger partial charge in [0.25, 0.3) is 0 Å². The maximum absolute atomic E-state index is 12.0. The number of rotatable bonds is 4. The van der Waals surface area contributed by atoms with Gasteiger partial charge in [0.05, 0.1) is 0 Å². The Labute approximate surface area is 138 Å². The molecule has 1 aromatic rings. The van der Waals surface area contributed by atoms with Gasteiger partial charge in [-0.3, -0.25) is 4.79 Å². The van der Waals surface area contributed by atoms with E-state index in [1.54, 1.807) is 0 Å². The minimum atomic E-state index is -0.00710. The fraction of sp³-hybridized carbons (Fsp3) is 0.526. The van der Waals surface area contributed by atoms with Crippen molar-refractivity contribution in [1.29, 1.82) is 0 Å². The zero-order chi connectivity index (χ0) is 16.2. The van der Waals surface area contributed by atoms with Gasteiger partial charge in [0.2, 0.25) is 0 Å².